The first-order chi connectivity index (χ1) is 12.5. The molecule has 2 rings (SSSR count). The van der Waals surface area contributed by atoms with Crippen molar-refractivity contribution in [3.8, 4) is 5.75 Å². The van der Waals surface area contributed by atoms with Crippen LogP contribution in [0.25, 0.3) is 0 Å². The van der Waals surface area contributed by atoms with Crippen LogP contribution in [0.1, 0.15) is 18.1 Å². The van der Waals surface area contributed by atoms with Crippen molar-refractivity contribution in [3.05, 3.63) is 59.7 Å². The summed E-state index contributed by atoms with van der Waals surface area (Å²) in [7, 11) is -2.10. The lowest BCUT2D eigenvalue weighted by atomic mass is 10.1. The Labute approximate surface area is 154 Å². The van der Waals surface area contributed by atoms with E-state index in [1.165, 1.54) is 0 Å². The third kappa shape index (κ3) is 5.57. The van der Waals surface area contributed by atoms with E-state index in [1.807, 2.05) is 31.2 Å². The van der Waals surface area contributed by atoms with Gasteiger partial charge in [0.05, 0.1) is 18.6 Å². The van der Waals surface area contributed by atoms with Gasteiger partial charge in [-0.15, -0.1) is 0 Å². The van der Waals surface area contributed by atoms with Crippen LogP contribution in [0.3, 0.4) is 0 Å². The number of nitrogens with one attached hydrogen (secondary N) is 2. The minimum atomic E-state index is -3.70. The minimum Gasteiger partial charge on any atom is -0.496 e. The molecule has 0 aromatic heterocycles. The maximum atomic E-state index is 12.2. The van der Waals surface area contributed by atoms with Gasteiger partial charge >= 0.3 is 0 Å². The lowest BCUT2D eigenvalue weighted by Crippen LogP contribution is -2.37. The molecule has 0 saturated heterocycles. The summed E-state index contributed by atoms with van der Waals surface area (Å²) in [4.78, 5) is 12.0. The van der Waals surface area contributed by atoms with Crippen LogP contribution < -0.4 is 14.8 Å². The van der Waals surface area contributed by atoms with E-state index in [4.69, 9.17) is 4.74 Å². The molecular weight excluding hydrogens is 352 g/mol. The van der Waals surface area contributed by atoms with Crippen LogP contribution in [0.4, 0.5) is 0 Å². The fourth-order valence-corrected chi connectivity index (χ4v) is 3.44. The highest BCUT2D eigenvalue weighted by molar-refractivity contribution is 7.89. The van der Waals surface area contributed by atoms with Gasteiger partial charge in [0, 0.05) is 6.54 Å². The van der Waals surface area contributed by atoms with Gasteiger partial charge in [0.1, 0.15) is 5.75 Å². The third-order valence-corrected chi connectivity index (χ3v) is 5.39. The SMILES string of the molecule is CCc1ccc(S(=O)(=O)NCC(=O)NCCc2ccccc2OC)cc1. The number of methoxy groups -OCH3 is 1. The molecule has 7 heteroatoms. The lowest BCUT2D eigenvalue weighted by Gasteiger charge is -2.10. The number of rotatable bonds is 9. The normalized spacial score (nSPS) is 11.2. The van der Waals surface area contributed by atoms with Crippen molar-refractivity contribution in [1.29, 1.82) is 0 Å². The van der Waals surface area contributed by atoms with E-state index < -0.39 is 10.0 Å². The molecular formula is C19H24N2O4S. The van der Waals surface area contributed by atoms with Crippen LogP contribution in [0.5, 0.6) is 5.75 Å². The first-order valence-corrected chi connectivity index (χ1v) is 9.91. The van der Waals surface area contributed by atoms with Crippen molar-refractivity contribution in [2.75, 3.05) is 20.2 Å². The second-order valence-corrected chi connectivity index (χ2v) is 7.50. The zero-order chi connectivity index (χ0) is 19.0. The summed E-state index contributed by atoms with van der Waals surface area (Å²) in [6.07, 6.45) is 1.43. The van der Waals surface area contributed by atoms with Gasteiger partial charge in [0.2, 0.25) is 15.9 Å². The van der Waals surface area contributed by atoms with Crippen LogP contribution in [-0.4, -0.2) is 34.5 Å². The topological polar surface area (TPSA) is 84.5 Å². The van der Waals surface area contributed by atoms with E-state index in [0.29, 0.717) is 13.0 Å². The van der Waals surface area contributed by atoms with Crippen LogP contribution in [0, 0.1) is 0 Å². The smallest absolute Gasteiger partial charge is 0.241 e. The van der Waals surface area contributed by atoms with Gasteiger partial charge in [-0.2, -0.15) is 0 Å². The number of ether oxygens (including phenoxy) is 1. The van der Waals surface area contributed by atoms with Gasteiger partial charge < -0.3 is 10.1 Å². The zero-order valence-corrected chi connectivity index (χ0v) is 15.8. The molecule has 0 heterocycles. The second-order valence-electron chi connectivity index (χ2n) is 5.73. The summed E-state index contributed by atoms with van der Waals surface area (Å²) in [5.74, 6) is 0.381. The fourth-order valence-electron chi connectivity index (χ4n) is 2.46. The highest BCUT2D eigenvalue weighted by Crippen LogP contribution is 2.17. The number of hydrogen-bond donors (Lipinski definition) is 2. The molecule has 0 fully saturated rings. The molecule has 0 bridgehead atoms. The Morgan fingerprint density at radius 1 is 1.08 bits per heavy atom. The average molecular weight is 376 g/mol. The third-order valence-electron chi connectivity index (χ3n) is 3.97. The molecule has 0 saturated carbocycles. The molecule has 2 aromatic rings. The molecule has 0 spiro atoms. The van der Waals surface area contributed by atoms with E-state index in [2.05, 4.69) is 10.0 Å². The van der Waals surface area contributed by atoms with Crippen molar-refractivity contribution < 1.29 is 17.9 Å². The Morgan fingerprint density at radius 3 is 2.42 bits per heavy atom. The molecule has 0 aliphatic rings. The summed E-state index contributed by atoms with van der Waals surface area (Å²) < 4.78 is 32.0. The van der Waals surface area contributed by atoms with Crippen molar-refractivity contribution in [1.82, 2.24) is 10.0 Å². The number of carbonyl (C=O) groups excluding carboxylic acids is 1. The summed E-state index contributed by atoms with van der Waals surface area (Å²) >= 11 is 0. The predicted octanol–water partition coefficient (Wildman–Crippen LogP) is 1.89. The summed E-state index contributed by atoms with van der Waals surface area (Å²) in [6, 6.07) is 14.2. The Hall–Kier alpha value is -2.38. The number of amides is 1. The van der Waals surface area contributed by atoms with Crippen LogP contribution in [-0.2, 0) is 27.7 Å². The maximum absolute atomic E-state index is 12.2. The Bertz CT molecular complexity index is 833. The Balaban J connectivity index is 1.82. The zero-order valence-electron chi connectivity index (χ0n) is 15.0. The van der Waals surface area contributed by atoms with E-state index in [-0.39, 0.29) is 17.3 Å². The number of carbonyl (C=O) groups is 1. The van der Waals surface area contributed by atoms with E-state index in [0.717, 1.165) is 23.3 Å². The second kappa shape index (κ2) is 9.35. The van der Waals surface area contributed by atoms with Crippen LogP contribution in [0.15, 0.2) is 53.4 Å². The molecule has 0 aliphatic carbocycles. The first-order valence-electron chi connectivity index (χ1n) is 8.43. The molecule has 0 aliphatic heterocycles. The van der Waals surface area contributed by atoms with Gasteiger partial charge in [0.25, 0.3) is 0 Å². The molecule has 26 heavy (non-hydrogen) atoms. The van der Waals surface area contributed by atoms with Crippen molar-refractivity contribution in [2.45, 2.75) is 24.7 Å². The largest absolute Gasteiger partial charge is 0.496 e. The maximum Gasteiger partial charge on any atom is 0.241 e. The van der Waals surface area contributed by atoms with E-state index in [9.17, 15) is 13.2 Å². The molecule has 0 unspecified atom stereocenters. The summed E-state index contributed by atoms with van der Waals surface area (Å²) in [5.41, 5.74) is 2.03. The molecule has 140 valence electrons. The summed E-state index contributed by atoms with van der Waals surface area (Å²) in [5, 5.41) is 2.70. The molecule has 2 N–H and O–H groups in total. The Morgan fingerprint density at radius 2 is 1.77 bits per heavy atom. The number of aryl methyl sites for hydroxylation is 1. The molecule has 0 atom stereocenters. The van der Waals surface area contributed by atoms with Crippen molar-refractivity contribution >= 4 is 15.9 Å². The lowest BCUT2D eigenvalue weighted by molar-refractivity contribution is -0.119. The molecule has 0 radical (unpaired) electrons. The summed E-state index contributed by atoms with van der Waals surface area (Å²) in [6.45, 7) is 2.09. The molecule has 6 nitrogen and oxygen atoms in total. The van der Waals surface area contributed by atoms with Crippen LogP contribution in [0.2, 0.25) is 0 Å². The highest BCUT2D eigenvalue weighted by atomic mass is 32.2. The van der Waals surface area contributed by atoms with Gasteiger partial charge in [-0.3, -0.25) is 4.79 Å². The number of benzene rings is 2. The molecule has 1 amide bonds. The standard InChI is InChI=1S/C19H24N2O4S/c1-3-15-8-10-17(11-9-15)26(23,24)21-14-19(22)20-13-12-16-6-4-5-7-18(16)25-2/h4-11,21H,3,12-14H2,1-2H3,(H,20,22). The number of para-hydroxylation sites is 1. The van der Waals surface area contributed by atoms with E-state index in [1.54, 1.807) is 31.4 Å². The highest BCUT2D eigenvalue weighted by Gasteiger charge is 2.15. The number of hydrogen-bond acceptors (Lipinski definition) is 4. The minimum absolute atomic E-state index is 0.150. The van der Waals surface area contributed by atoms with Crippen molar-refractivity contribution in [3.63, 3.8) is 0 Å². The van der Waals surface area contributed by atoms with Gasteiger partial charge in [-0.05, 0) is 42.2 Å². The number of sulfonamides is 1. The van der Waals surface area contributed by atoms with Gasteiger partial charge in [0.15, 0.2) is 0 Å². The van der Waals surface area contributed by atoms with Gasteiger partial charge in [-0.25, -0.2) is 13.1 Å². The van der Waals surface area contributed by atoms with Gasteiger partial charge in [-0.1, -0.05) is 37.3 Å². The van der Waals surface area contributed by atoms with Crippen LogP contribution >= 0.6 is 0 Å². The average Bonchev–Trinajstić information content (AvgIpc) is 2.67. The quantitative estimate of drug-likeness (QED) is 0.700. The fraction of sp³-hybridized carbons (Fsp3) is 0.316. The van der Waals surface area contributed by atoms with Crippen molar-refractivity contribution in [2.24, 2.45) is 0 Å². The Kier molecular flexibility index (Phi) is 7.17. The van der Waals surface area contributed by atoms with E-state index >= 15 is 0 Å². The predicted molar refractivity (Wildman–Crippen MR) is 101 cm³/mol. The molecule has 2 aromatic carbocycles. The first kappa shape index (κ1) is 19.9. The monoisotopic (exact) mass is 376 g/mol.